The van der Waals surface area contributed by atoms with Crippen LogP contribution in [0.5, 0.6) is 0 Å². The molecule has 1 aliphatic carbocycles. The van der Waals surface area contributed by atoms with Crippen LogP contribution in [0.1, 0.15) is 51.4 Å². The van der Waals surface area contributed by atoms with Crippen LogP contribution in [0.3, 0.4) is 0 Å². The van der Waals surface area contributed by atoms with Gasteiger partial charge < -0.3 is 4.74 Å². The fourth-order valence-corrected chi connectivity index (χ4v) is 2.39. The third-order valence-electron chi connectivity index (χ3n) is 3.13. The molecule has 0 aromatic heterocycles. The normalized spacial score (nSPS) is 33.5. The summed E-state index contributed by atoms with van der Waals surface area (Å²) in [6.07, 6.45) is 11.5. The maximum Gasteiger partial charge on any atom is 0.0637 e. The summed E-state index contributed by atoms with van der Waals surface area (Å²) < 4.78 is 5.78. The minimum Gasteiger partial charge on any atom is -0.378 e. The van der Waals surface area contributed by atoms with Crippen LogP contribution in [-0.2, 0) is 4.74 Å². The van der Waals surface area contributed by atoms with Crippen molar-refractivity contribution in [3.8, 4) is 0 Å². The first-order chi connectivity index (χ1) is 5.97. The van der Waals surface area contributed by atoms with Crippen molar-refractivity contribution in [2.24, 2.45) is 0 Å². The number of rotatable bonds is 1. The molecule has 0 aromatic rings. The highest BCUT2D eigenvalue weighted by atomic mass is 16.5. The van der Waals surface area contributed by atoms with Gasteiger partial charge in [-0.2, -0.15) is 0 Å². The van der Waals surface area contributed by atoms with Crippen LogP contribution in [0, 0.1) is 5.92 Å². The van der Waals surface area contributed by atoms with Gasteiger partial charge in [0.2, 0.25) is 0 Å². The highest BCUT2D eigenvalue weighted by molar-refractivity contribution is 5.00. The first kappa shape index (κ1) is 8.55. The lowest BCUT2D eigenvalue weighted by molar-refractivity contribution is 0.0177. The largest absolute Gasteiger partial charge is 0.378 e. The average Bonchev–Trinajstić information content (AvgIpc) is 2.21. The molecule has 1 heterocycles. The molecule has 1 heteroatoms. The lowest BCUT2D eigenvalue weighted by atomic mass is 9.83. The molecular weight excluding hydrogens is 148 g/mol. The van der Waals surface area contributed by atoms with Crippen LogP contribution in [-0.4, -0.2) is 12.7 Å². The second-order valence-electron chi connectivity index (χ2n) is 4.07. The molecule has 0 spiro atoms. The second kappa shape index (κ2) is 4.27. The molecule has 1 radical (unpaired) electrons. The molecule has 1 nitrogen and oxygen atoms in total. The van der Waals surface area contributed by atoms with E-state index in [0.29, 0.717) is 6.10 Å². The molecule has 1 saturated heterocycles. The monoisotopic (exact) mass is 167 g/mol. The molecule has 1 aliphatic heterocycles. The van der Waals surface area contributed by atoms with Gasteiger partial charge in [0, 0.05) is 12.5 Å². The van der Waals surface area contributed by atoms with Crippen molar-refractivity contribution >= 4 is 0 Å². The Morgan fingerprint density at radius 3 is 2.42 bits per heavy atom. The SMILES string of the molecule is C1CC[C](C2CCCCO2)CC1. The lowest BCUT2D eigenvalue weighted by Gasteiger charge is -2.32. The van der Waals surface area contributed by atoms with Crippen LogP contribution in [0.2, 0.25) is 0 Å². The third kappa shape index (κ3) is 2.01. The number of ether oxygens (including phenoxy) is 1. The molecule has 1 saturated carbocycles. The van der Waals surface area contributed by atoms with Gasteiger partial charge in [-0.1, -0.05) is 19.3 Å². The van der Waals surface area contributed by atoms with Crippen molar-refractivity contribution in [2.45, 2.75) is 57.5 Å². The maximum atomic E-state index is 5.78. The first-order valence-corrected chi connectivity index (χ1v) is 5.43. The Balaban J connectivity index is 1.80. The quantitative estimate of drug-likeness (QED) is 0.583. The van der Waals surface area contributed by atoms with Gasteiger partial charge >= 0.3 is 0 Å². The summed E-state index contributed by atoms with van der Waals surface area (Å²) in [5, 5.41) is 0. The number of hydrogen-bond acceptors (Lipinski definition) is 1. The van der Waals surface area contributed by atoms with Crippen molar-refractivity contribution in [1.82, 2.24) is 0 Å². The summed E-state index contributed by atoms with van der Waals surface area (Å²) in [5.41, 5.74) is 0. The van der Waals surface area contributed by atoms with E-state index in [9.17, 15) is 0 Å². The van der Waals surface area contributed by atoms with Crippen molar-refractivity contribution in [3.63, 3.8) is 0 Å². The summed E-state index contributed by atoms with van der Waals surface area (Å²) in [6.45, 7) is 1.01. The van der Waals surface area contributed by atoms with Crippen molar-refractivity contribution < 1.29 is 4.74 Å². The lowest BCUT2D eigenvalue weighted by Crippen LogP contribution is -2.27. The Hall–Kier alpha value is -0.0400. The molecular formula is C11H19O. The summed E-state index contributed by atoms with van der Waals surface area (Å²) in [6, 6.07) is 0. The molecule has 0 aromatic carbocycles. The summed E-state index contributed by atoms with van der Waals surface area (Å²) in [4.78, 5) is 0. The Kier molecular flexibility index (Phi) is 3.04. The van der Waals surface area contributed by atoms with E-state index in [1.54, 1.807) is 5.92 Å². The summed E-state index contributed by atoms with van der Waals surface area (Å²) >= 11 is 0. The standard InChI is InChI=1S/C11H19O/c1-2-6-10(7-3-1)11-8-4-5-9-12-11/h11H,1-9H2. The maximum absolute atomic E-state index is 5.78. The van der Waals surface area contributed by atoms with Gasteiger partial charge in [0.25, 0.3) is 0 Å². The molecule has 12 heavy (non-hydrogen) atoms. The van der Waals surface area contributed by atoms with Crippen molar-refractivity contribution in [2.75, 3.05) is 6.61 Å². The van der Waals surface area contributed by atoms with E-state index >= 15 is 0 Å². The van der Waals surface area contributed by atoms with Gasteiger partial charge in [-0.25, -0.2) is 0 Å². The van der Waals surface area contributed by atoms with E-state index in [4.69, 9.17) is 4.74 Å². The van der Waals surface area contributed by atoms with Gasteiger partial charge in [-0.05, 0) is 32.1 Å². The zero-order valence-corrected chi connectivity index (χ0v) is 7.85. The van der Waals surface area contributed by atoms with Gasteiger partial charge in [-0.15, -0.1) is 0 Å². The van der Waals surface area contributed by atoms with Crippen LogP contribution < -0.4 is 0 Å². The Bertz CT molecular complexity index is 105. The van der Waals surface area contributed by atoms with E-state index in [0.717, 1.165) is 6.61 Å². The zero-order chi connectivity index (χ0) is 8.23. The molecule has 2 rings (SSSR count). The predicted octanol–water partition coefficient (Wildman–Crippen LogP) is 3.09. The highest BCUT2D eigenvalue weighted by Crippen LogP contribution is 2.33. The van der Waals surface area contributed by atoms with E-state index in [-0.39, 0.29) is 0 Å². The Labute approximate surface area is 75.5 Å². The zero-order valence-electron chi connectivity index (χ0n) is 7.85. The summed E-state index contributed by atoms with van der Waals surface area (Å²) in [7, 11) is 0. The fraction of sp³-hybridized carbons (Fsp3) is 0.909. The molecule has 0 bridgehead atoms. The topological polar surface area (TPSA) is 9.23 Å². The third-order valence-corrected chi connectivity index (χ3v) is 3.13. The van der Waals surface area contributed by atoms with Crippen molar-refractivity contribution in [1.29, 1.82) is 0 Å². The molecule has 2 fully saturated rings. The molecule has 1 atom stereocenters. The smallest absolute Gasteiger partial charge is 0.0637 e. The van der Waals surface area contributed by atoms with Gasteiger partial charge in [0.1, 0.15) is 0 Å². The van der Waals surface area contributed by atoms with E-state index in [2.05, 4.69) is 0 Å². The van der Waals surface area contributed by atoms with Gasteiger partial charge in [0.05, 0.1) is 6.10 Å². The average molecular weight is 167 g/mol. The summed E-state index contributed by atoms with van der Waals surface area (Å²) in [5.74, 6) is 1.72. The minimum atomic E-state index is 0.555. The highest BCUT2D eigenvalue weighted by Gasteiger charge is 2.26. The van der Waals surface area contributed by atoms with Crippen LogP contribution in [0.25, 0.3) is 0 Å². The fourth-order valence-electron chi connectivity index (χ4n) is 2.39. The molecule has 69 valence electrons. The Morgan fingerprint density at radius 2 is 1.75 bits per heavy atom. The van der Waals surface area contributed by atoms with E-state index in [1.807, 2.05) is 0 Å². The second-order valence-corrected chi connectivity index (χ2v) is 4.07. The van der Waals surface area contributed by atoms with Crippen LogP contribution in [0.4, 0.5) is 0 Å². The molecule has 2 aliphatic rings. The predicted molar refractivity (Wildman–Crippen MR) is 49.9 cm³/mol. The van der Waals surface area contributed by atoms with E-state index < -0.39 is 0 Å². The molecule has 0 N–H and O–H groups in total. The minimum absolute atomic E-state index is 0.555. The van der Waals surface area contributed by atoms with E-state index in [1.165, 1.54) is 51.4 Å². The van der Waals surface area contributed by atoms with Crippen LogP contribution in [0.15, 0.2) is 0 Å². The molecule has 0 amide bonds. The van der Waals surface area contributed by atoms with Crippen molar-refractivity contribution in [3.05, 3.63) is 5.92 Å². The number of hydrogen-bond donors (Lipinski definition) is 0. The van der Waals surface area contributed by atoms with Crippen LogP contribution >= 0.6 is 0 Å². The molecule has 1 unspecified atom stereocenters. The Morgan fingerprint density at radius 1 is 0.917 bits per heavy atom. The first-order valence-electron chi connectivity index (χ1n) is 5.43. The van der Waals surface area contributed by atoms with Gasteiger partial charge in [-0.3, -0.25) is 0 Å². The van der Waals surface area contributed by atoms with Gasteiger partial charge in [0.15, 0.2) is 0 Å².